The molecule has 0 radical (unpaired) electrons. The summed E-state index contributed by atoms with van der Waals surface area (Å²) in [6, 6.07) is 10.2. The maximum Gasteiger partial charge on any atom is 0.186 e. The van der Waals surface area contributed by atoms with Crippen LogP contribution in [-0.4, -0.2) is 15.5 Å². The molecule has 4 N–H and O–H groups in total. The van der Waals surface area contributed by atoms with Gasteiger partial charge in [0.2, 0.25) is 0 Å². The third-order valence-electron chi connectivity index (χ3n) is 2.40. The largest absolute Gasteiger partial charge is 0.370 e. The molecule has 0 saturated heterocycles. The van der Waals surface area contributed by atoms with E-state index in [0.717, 1.165) is 12.4 Å². The molecule has 0 aliphatic heterocycles. The van der Waals surface area contributed by atoms with E-state index < -0.39 is 0 Å². The number of halogens is 1. The topological polar surface area (TPSA) is 82.2 Å². The quantitative estimate of drug-likeness (QED) is 0.492. The van der Waals surface area contributed by atoms with Gasteiger partial charge in [0, 0.05) is 18.9 Å². The fraction of sp³-hybridized carbons (Fsp3) is 0.167. The summed E-state index contributed by atoms with van der Waals surface area (Å²) in [5.74, 6) is 0.932. The molecule has 96 valence electrons. The van der Waals surface area contributed by atoms with Crippen LogP contribution in [0, 0.1) is 0 Å². The van der Waals surface area contributed by atoms with Gasteiger partial charge in [-0.25, -0.2) is 9.98 Å². The Balaban J connectivity index is 0.00000162. The normalized spacial score (nSPS) is 9.56. The number of guanidine groups is 1. The predicted molar refractivity (Wildman–Crippen MR) is 82.7 cm³/mol. The third kappa shape index (κ3) is 4.02. The standard InChI is InChI=1S/C12H15N5.HI/c13-12(14)16-8-11-15-6-7-17(11)9-10-4-2-1-3-5-10;/h1-7H,8-9H2,(H4,13,14,16);1H. The van der Waals surface area contributed by atoms with Gasteiger partial charge < -0.3 is 16.0 Å². The molecule has 0 spiro atoms. The Morgan fingerprint density at radius 3 is 2.61 bits per heavy atom. The highest BCUT2D eigenvalue weighted by Crippen LogP contribution is 2.06. The van der Waals surface area contributed by atoms with Crippen molar-refractivity contribution < 1.29 is 0 Å². The Morgan fingerprint density at radius 2 is 1.94 bits per heavy atom. The summed E-state index contributed by atoms with van der Waals surface area (Å²) in [5, 5.41) is 0. The first-order chi connectivity index (χ1) is 8.25. The first-order valence-electron chi connectivity index (χ1n) is 5.35. The summed E-state index contributed by atoms with van der Waals surface area (Å²) >= 11 is 0. The van der Waals surface area contributed by atoms with Gasteiger partial charge in [-0.2, -0.15) is 0 Å². The molecule has 18 heavy (non-hydrogen) atoms. The maximum absolute atomic E-state index is 5.30. The van der Waals surface area contributed by atoms with E-state index in [9.17, 15) is 0 Å². The first kappa shape index (κ1) is 14.5. The summed E-state index contributed by atoms with van der Waals surface area (Å²) in [5.41, 5.74) is 11.8. The number of hydrogen-bond donors (Lipinski definition) is 2. The molecule has 0 unspecified atom stereocenters. The number of nitrogens with zero attached hydrogens (tertiary/aromatic N) is 3. The third-order valence-corrected chi connectivity index (χ3v) is 2.40. The molecule has 0 amide bonds. The molecule has 0 saturated carbocycles. The van der Waals surface area contributed by atoms with Gasteiger partial charge in [0.1, 0.15) is 12.4 Å². The molecule has 1 aromatic carbocycles. The van der Waals surface area contributed by atoms with E-state index in [-0.39, 0.29) is 29.9 Å². The van der Waals surface area contributed by atoms with Crippen molar-refractivity contribution in [2.24, 2.45) is 16.5 Å². The molecule has 1 heterocycles. The van der Waals surface area contributed by atoms with Crippen LogP contribution in [0.15, 0.2) is 47.7 Å². The zero-order valence-corrected chi connectivity index (χ0v) is 12.2. The number of nitrogens with two attached hydrogens (primary N) is 2. The minimum absolute atomic E-state index is 0. The summed E-state index contributed by atoms with van der Waals surface area (Å²) in [6.07, 6.45) is 3.67. The monoisotopic (exact) mass is 357 g/mol. The number of aliphatic imine (C=N–C) groups is 1. The van der Waals surface area contributed by atoms with Gasteiger partial charge in [0.05, 0.1) is 0 Å². The Morgan fingerprint density at radius 1 is 1.22 bits per heavy atom. The van der Waals surface area contributed by atoms with Gasteiger partial charge in [-0.05, 0) is 5.56 Å². The van der Waals surface area contributed by atoms with Crippen LogP contribution < -0.4 is 11.5 Å². The maximum atomic E-state index is 5.30. The van der Waals surface area contributed by atoms with Gasteiger partial charge in [-0.1, -0.05) is 30.3 Å². The Hall–Kier alpha value is -1.57. The van der Waals surface area contributed by atoms with E-state index in [1.54, 1.807) is 6.20 Å². The van der Waals surface area contributed by atoms with Crippen LogP contribution in [0.4, 0.5) is 0 Å². The molecule has 5 nitrogen and oxygen atoms in total. The average Bonchev–Trinajstić information content (AvgIpc) is 2.75. The molecule has 6 heteroatoms. The van der Waals surface area contributed by atoms with Crippen molar-refractivity contribution in [3.63, 3.8) is 0 Å². The van der Waals surface area contributed by atoms with Crippen molar-refractivity contribution in [3.05, 3.63) is 54.1 Å². The smallest absolute Gasteiger partial charge is 0.186 e. The van der Waals surface area contributed by atoms with E-state index >= 15 is 0 Å². The Kier molecular flexibility index (Phi) is 5.63. The van der Waals surface area contributed by atoms with Crippen LogP contribution in [0.25, 0.3) is 0 Å². The van der Waals surface area contributed by atoms with Gasteiger partial charge in [0.25, 0.3) is 0 Å². The van der Waals surface area contributed by atoms with Gasteiger partial charge in [-0.3, -0.25) is 0 Å². The van der Waals surface area contributed by atoms with Crippen molar-refractivity contribution >= 4 is 29.9 Å². The zero-order valence-electron chi connectivity index (χ0n) is 9.86. The highest BCUT2D eigenvalue weighted by Gasteiger charge is 2.02. The number of rotatable bonds is 4. The molecule has 2 aromatic rings. The molecule has 0 aliphatic rings. The van der Waals surface area contributed by atoms with Gasteiger partial charge >= 0.3 is 0 Å². The average molecular weight is 357 g/mol. The lowest BCUT2D eigenvalue weighted by Gasteiger charge is -2.06. The van der Waals surface area contributed by atoms with Crippen molar-refractivity contribution in [2.75, 3.05) is 0 Å². The van der Waals surface area contributed by atoms with Crippen LogP contribution in [0.2, 0.25) is 0 Å². The highest BCUT2D eigenvalue weighted by molar-refractivity contribution is 14.0. The zero-order chi connectivity index (χ0) is 12.1. The number of aromatic nitrogens is 2. The van der Waals surface area contributed by atoms with Crippen molar-refractivity contribution in [1.29, 1.82) is 0 Å². The number of imidazole rings is 1. The lowest BCUT2D eigenvalue weighted by Crippen LogP contribution is -2.23. The van der Waals surface area contributed by atoms with Crippen LogP contribution in [0.3, 0.4) is 0 Å². The molecule has 0 aliphatic carbocycles. The van der Waals surface area contributed by atoms with Crippen LogP contribution >= 0.6 is 24.0 Å². The molecule has 2 rings (SSSR count). The Bertz CT molecular complexity index is 502. The minimum Gasteiger partial charge on any atom is -0.370 e. The summed E-state index contributed by atoms with van der Waals surface area (Å²) in [6.45, 7) is 1.18. The lowest BCUT2D eigenvalue weighted by molar-refractivity contribution is 0.724. The molecular formula is C12H16IN5. The molecule has 0 atom stereocenters. The van der Waals surface area contributed by atoms with E-state index in [2.05, 4.69) is 22.1 Å². The lowest BCUT2D eigenvalue weighted by atomic mass is 10.2. The summed E-state index contributed by atoms with van der Waals surface area (Å²) < 4.78 is 2.03. The predicted octanol–water partition coefficient (Wildman–Crippen LogP) is 1.32. The van der Waals surface area contributed by atoms with Crippen LogP contribution in [-0.2, 0) is 13.1 Å². The van der Waals surface area contributed by atoms with Crippen molar-refractivity contribution in [3.8, 4) is 0 Å². The van der Waals surface area contributed by atoms with E-state index in [1.807, 2.05) is 29.0 Å². The molecule has 0 fully saturated rings. The highest BCUT2D eigenvalue weighted by atomic mass is 127. The SMILES string of the molecule is I.NC(N)=NCc1nccn1Cc1ccccc1. The van der Waals surface area contributed by atoms with E-state index in [1.165, 1.54) is 5.56 Å². The second-order valence-electron chi connectivity index (χ2n) is 3.70. The summed E-state index contributed by atoms with van der Waals surface area (Å²) in [4.78, 5) is 8.19. The fourth-order valence-electron chi connectivity index (χ4n) is 1.58. The number of hydrogen-bond acceptors (Lipinski definition) is 2. The van der Waals surface area contributed by atoms with Crippen molar-refractivity contribution in [2.45, 2.75) is 13.1 Å². The van der Waals surface area contributed by atoms with Crippen LogP contribution in [0.1, 0.15) is 11.4 Å². The van der Waals surface area contributed by atoms with Crippen molar-refractivity contribution in [1.82, 2.24) is 9.55 Å². The summed E-state index contributed by atoms with van der Waals surface area (Å²) in [7, 11) is 0. The Labute approximate surface area is 123 Å². The van der Waals surface area contributed by atoms with Gasteiger partial charge in [0.15, 0.2) is 5.96 Å². The molecule has 1 aromatic heterocycles. The minimum atomic E-state index is 0. The van der Waals surface area contributed by atoms with E-state index in [4.69, 9.17) is 11.5 Å². The second kappa shape index (κ2) is 7.00. The first-order valence-corrected chi connectivity index (χ1v) is 5.35. The second-order valence-corrected chi connectivity index (χ2v) is 3.70. The fourth-order valence-corrected chi connectivity index (χ4v) is 1.58. The molecule has 0 bridgehead atoms. The molecular weight excluding hydrogens is 341 g/mol. The number of benzene rings is 1. The van der Waals surface area contributed by atoms with E-state index in [0.29, 0.717) is 6.54 Å². The van der Waals surface area contributed by atoms with Crippen LogP contribution in [0.5, 0.6) is 0 Å². The van der Waals surface area contributed by atoms with Gasteiger partial charge in [-0.15, -0.1) is 24.0 Å².